The molecule has 4 rings (SSSR count). The van der Waals surface area contributed by atoms with Gasteiger partial charge in [-0.15, -0.1) is 0 Å². The number of benzene rings is 2. The first-order valence-electron chi connectivity index (χ1n) is 12.7. The number of ether oxygens (including phenoxy) is 1. The Kier molecular flexibility index (Phi) is 7.90. The summed E-state index contributed by atoms with van der Waals surface area (Å²) < 4.78 is 5.25. The molecule has 36 heavy (non-hydrogen) atoms. The maximum absolute atomic E-state index is 12.1. The van der Waals surface area contributed by atoms with E-state index in [-0.39, 0.29) is 17.2 Å². The summed E-state index contributed by atoms with van der Waals surface area (Å²) in [6, 6.07) is 11.7. The number of carbonyl (C=O) groups is 1. The van der Waals surface area contributed by atoms with E-state index >= 15 is 0 Å². The summed E-state index contributed by atoms with van der Waals surface area (Å²) in [7, 11) is 1.56. The predicted octanol–water partition coefficient (Wildman–Crippen LogP) is 2.64. The van der Waals surface area contributed by atoms with E-state index in [2.05, 4.69) is 24.8 Å². The number of carbonyl (C=O) groups excluding carboxylic acids is 1. The number of aromatic hydroxyl groups is 1. The molecule has 0 saturated carbocycles. The van der Waals surface area contributed by atoms with Crippen molar-refractivity contribution >= 4 is 5.91 Å². The zero-order chi connectivity index (χ0) is 26.0. The van der Waals surface area contributed by atoms with E-state index in [1.165, 1.54) is 18.1 Å². The van der Waals surface area contributed by atoms with Crippen molar-refractivity contribution < 1.29 is 24.9 Å². The van der Waals surface area contributed by atoms with Gasteiger partial charge in [0, 0.05) is 50.4 Å². The Morgan fingerprint density at radius 1 is 1.08 bits per heavy atom. The van der Waals surface area contributed by atoms with E-state index in [4.69, 9.17) is 4.74 Å². The van der Waals surface area contributed by atoms with Crippen LogP contribution < -0.4 is 4.74 Å². The maximum atomic E-state index is 12.1. The van der Waals surface area contributed by atoms with Crippen molar-refractivity contribution in [2.45, 2.75) is 64.6 Å². The normalized spacial score (nSPS) is 18.7. The lowest BCUT2D eigenvalue weighted by Crippen LogP contribution is -2.51. The van der Waals surface area contributed by atoms with Crippen LogP contribution in [0.2, 0.25) is 0 Å². The zero-order valence-electron chi connectivity index (χ0n) is 21.8. The molecular formula is C28H39N3O5. The molecular weight excluding hydrogens is 458 g/mol. The maximum Gasteiger partial charge on any atom is 0.251 e. The SMILES string of the molecule is COc1cc(CCC(C)(C)N2Cc3cccc(C(O)N4CCN(C(=O)[C@H](C)O)CC4)c3C2)ccc1O. The van der Waals surface area contributed by atoms with Crippen molar-refractivity contribution in [2.24, 2.45) is 0 Å². The van der Waals surface area contributed by atoms with Crippen molar-refractivity contribution in [3.8, 4) is 11.5 Å². The third-order valence-electron chi connectivity index (χ3n) is 7.75. The molecule has 0 bridgehead atoms. The molecule has 2 aliphatic rings. The van der Waals surface area contributed by atoms with Crippen LogP contribution in [-0.2, 0) is 24.3 Å². The molecule has 0 aromatic heterocycles. The van der Waals surface area contributed by atoms with E-state index < -0.39 is 12.3 Å². The predicted molar refractivity (Wildman–Crippen MR) is 138 cm³/mol. The third-order valence-corrected chi connectivity index (χ3v) is 7.75. The third kappa shape index (κ3) is 5.52. The summed E-state index contributed by atoms with van der Waals surface area (Å²) in [5.74, 6) is 0.388. The van der Waals surface area contributed by atoms with Crippen LogP contribution in [0.3, 0.4) is 0 Å². The minimum absolute atomic E-state index is 0.0701. The molecule has 1 fully saturated rings. The van der Waals surface area contributed by atoms with E-state index in [1.54, 1.807) is 18.1 Å². The molecule has 2 heterocycles. The van der Waals surface area contributed by atoms with Crippen LogP contribution in [0.5, 0.6) is 11.5 Å². The van der Waals surface area contributed by atoms with Gasteiger partial charge in [-0.3, -0.25) is 14.6 Å². The quantitative estimate of drug-likeness (QED) is 0.516. The lowest BCUT2D eigenvalue weighted by molar-refractivity contribution is -0.142. The number of aryl methyl sites for hydroxylation is 1. The summed E-state index contributed by atoms with van der Waals surface area (Å²) >= 11 is 0. The van der Waals surface area contributed by atoms with E-state index in [9.17, 15) is 20.1 Å². The van der Waals surface area contributed by atoms with Crippen molar-refractivity contribution in [3.05, 3.63) is 58.7 Å². The van der Waals surface area contributed by atoms with Gasteiger partial charge in [-0.05, 0) is 62.4 Å². The smallest absolute Gasteiger partial charge is 0.251 e. The number of amides is 1. The molecule has 1 unspecified atom stereocenters. The number of phenols is 1. The second-order valence-corrected chi connectivity index (χ2v) is 10.6. The van der Waals surface area contributed by atoms with Gasteiger partial charge in [-0.1, -0.05) is 24.3 Å². The summed E-state index contributed by atoms with van der Waals surface area (Å²) in [4.78, 5) is 18.2. The fourth-order valence-electron chi connectivity index (χ4n) is 5.25. The van der Waals surface area contributed by atoms with Crippen LogP contribution in [-0.4, -0.2) is 80.9 Å². The first kappa shape index (κ1) is 26.4. The molecule has 0 spiro atoms. The van der Waals surface area contributed by atoms with Gasteiger partial charge in [-0.2, -0.15) is 0 Å². The number of piperazine rings is 1. The molecule has 8 heteroatoms. The van der Waals surface area contributed by atoms with Crippen LogP contribution >= 0.6 is 0 Å². The van der Waals surface area contributed by atoms with Gasteiger partial charge in [0.25, 0.3) is 5.91 Å². The summed E-state index contributed by atoms with van der Waals surface area (Å²) in [6.07, 6.45) is 0.0774. The monoisotopic (exact) mass is 497 g/mol. The number of aliphatic hydroxyl groups is 2. The lowest BCUT2D eigenvalue weighted by atomic mass is 9.93. The molecule has 0 aliphatic carbocycles. The van der Waals surface area contributed by atoms with Gasteiger partial charge in [-0.25, -0.2) is 0 Å². The largest absolute Gasteiger partial charge is 0.504 e. The van der Waals surface area contributed by atoms with Crippen LogP contribution in [0.25, 0.3) is 0 Å². The van der Waals surface area contributed by atoms with Gasteiger partial charge in [0.1, 0.15) is 12.3 Å². The Hall–Kier alpha value is -2.65. The van der Waals surface area contributed by atoms with Crippen LogP contribution in [0.4, 0.5) is 0 Å². The van der Waals surface area contributed by atoms with Gasteiger partial charge in [0.2, 0.25) is 0 Å². The Morgan fingerprint density at radius 3 is 2.47 bits per heavy atom. The van der Waals surface area contributed by atoms with Gasteiger partial charge >= 0.3 is 0 Å². The Balaban J connectivity index is 1.41. The summed E-state index contributed by atoms with van der Waals surface area (Å²) in [5, 5.41) is 30.7. The number of phenolic OH excluding ortho intramolecular Hbond substituents is 1. The highest BCUT2D eigenvalue weighted by atomic mass is 16.5. The second-order valence-electron chi connectivity index (χ2n) is 10.6. The number of rotatable bonds is 8. The summed E-state index contributed by atoms with van der Waals surface area (Å²) in [6.45, 7) is 9.73. The molecule has 2 atom stereocenters. The first-order valence-corrected chi connectivity index (χ1v) is 12.7. The number of methoxy groups -OCH3 is 1. The van der Waals surface area contributed by atoms with Crippen LogP contribution in [0.15, 0.2) is 36.4 Å². The van der Waals surface area contributed by atoms with E-state index in [0.717, 1.165) is 37.1 Å². The minimum Gasteiger partial charge on any atom is -0.504 e. The fourth-order valence-corrected chi connectivity index (χ4v) is 5.25. The zero-order valence-corrected chi connectivity index (χ0v) is 21.8. The molecule has 2 aliphatic heterocycles. The summed E-state index contributed by atoms with van der Waals surface area (Å²) in [5.41, 5.74) is 4.42. The Labute approximate surface area is 213 Å². The average molecular weight is 498 g/mol. The van der Waals surface area contributed by atoms with Gasteiger partial charge < -0.3 is 25.0 Å². The molecule has 1 saturated heterocycles. The Bertz CT molecular complexity index is 1080. The standard InChI is InChI=1S/C28H39N3O5/c1-19(32)26(34)29-12-14-30(15-13-29)27(35)22-7-5-6-21-17-31(18-23(21)22)28(2,3)11-10-20-8-9-24(33)25(16-20)36-4/h5-9,16,19,27,32-33,35H,10-15,17-18H2,1-4H3/t19-,27?/m0/s1. The van der Waals surface area contributed by atoms with Crippen molar-refractivity contribution in [3.63, 3.8) is 0 Å². The number of aliphatic hydroxyl groups excluding tert-OH is 2. The van der Waals surface area contributed by atoms with Crippen molar-refractivity contribution in [1.29, 1.82) is 0 Å². The number of hydrogen-bond donors (Lipinski definition) is 3. The van der Waals surface area contributed by atoms with Gasteiger partial charge in [0.15, 0.2) is 11.5 Å². The van der Waals surface area contributed by atoms with Crippen molar-refractivity contribution in [2.75, 3.05) is 33.3 Å². The molecule has 3 N–H and O–H groups in total. The minimum atomic E-state index is -0.996. The fraction of sp³-hybridized carbons (Fsp3) is 0.536. The molecule has 196 valence electrons. The topological polar surface area (TPSA) is 96.7 Å². The second kappa shape index (κ2) is 10.8. The first-order chi connectivity index (χ1) is 17.1. The van der Waals surface area contributed by atoms with Gasteiger partial charge in [0.05, 0.1) is 7.11 Å². The highest BCUT2D eigenvalue weighted by Gasteiger charge is 2.35. The number of nitrogens with zero attached hydrogens (tertiary/aromatic N) is 3. The van der Waals surface area contributed by atoms with Crippen LogP contribution in [0.1, 0.15) is 55.7 Å². The molecule has 1 amide bonds. The lowest BCUT2D eigenvalue weighted by Gasteiger charge is -2.38. The van der Waals surface area contributed by atoms with Crippen LogP contribution in [0, 0.1) is 0 Å². The number of hydrogen-bond acceptors (Lipinski definition) is 7. The molecule has 0 radical (unpaired) electrons. The molecule has 8 nitrogen and oxygen atoms in total. The van der Waals surface area contributed by atoms with E-state index in [0.29, 0.717) is 31.9 Å². The molecule has 2 aromatic carbocycles. The Morgan fingerprint density at radius 2 is 1.81 bits per heavy atom. The number of fused-ring (bicyclic) bond motifs is 1. The molecule has 2 aromatic rings. The highest BCUT2D eigenvalue weighted by molar-refractivity contribution is 5.80. The van der Waals surface area contributed by atoms with Crippen molar-refractivity contribution in [1.82, 2.24) is 14.7 Å². The van der Waals surface area contributed by atoms with E-state index in [1.807, 2.05) is 29.2 Å². The average Bonchev–Trinajstić information content (AvgIpc) is 3.33. The highest BCUT2D eigenvalue weighted by Crippen LogP contribution is 2.37.